The summed E-state index contributed by atoms with van der Waals surface area (Å²) in [6.45, 7) is 9.18. The molecule has 0 aromatic rings. The van der Waals surface area contributed by atoms with Gasteiger partial charge in [-0.05, 0) is 39.0 Å². The van der Waals surface area contributed by atoms with Gasteiger partial charge in [-0.3, -0.25) is 4.99 Å². The highest BCUT2D eigenvalue weighted by Crippen LogP contribution is 2.25. The van der Waals surface area contributed by atoms with E-state index in [9.17, 15) is 4.79 Å². The van der Waals surface area contributed by atoms with E-state index in [4.69, 9.17) is 16.3 Å². The topological polar surface area (TPSA) is 38.7 Å². The summed E-state index contributed by atoms with van der Waals surface area (Å²) >= 11 is 6.15. The number of carbonyl (C=O) groups excluding carboxylic acids is 1. The van der Waals surface area contributed by atoms with E-state index in [-0.39, 0.29) is 6.54 Å². The maximum atomic E-state index is 11.8. The zero-order valence-electron chi connectivity index (χ0n) is 9.79. The van der Waals surface area contributed by atoms with Gasteiger partial charge in [0.25, 0.3) is 0 Å². The Kier molecular flexibility index (Phi) is 3.58. The molecule has 3 nitrogen and oxygen atoms in total. The van der Waals surface area contributed by atoms with Crippen LogP contribution < -0.4 is 0 Å². The van der Waals surface area contributed by atoms with E-state index in [2.05, 4.69) is 11.6 Å². The van der Waals surface area contributed by atoms with Crippen LogP contribution in [0.5, 0.6) is 0 Å². The second kappa shape index (κ2) is 4.42. The molecule has 1 rings (SSSR count). The Hall–Kier alpha value is -1.09. The Bertz CT molecular complexity index is 366. The number of dihydropyridines is 1. The molecule has 1 aliphatic rings. The van der Waals surface area contributed by atoms with Crippen LogP contribution in [0.15, 0.2) is 29.8 Å². The average Bonchev–Trinajstić information content (AvgIpc) is 2.16. The van der Waals surface area contributed by atoms with Gasteiger partial charge < -0.3 is 4.74 Å². The Morgan fingerprint density at radius 2 is 2.31 bits per heavy atom. The molecule has 0 saturated heterocycles. The first kappa shape index (κ1) is 13.0. The number of hydrogen-bond acceptors (Lipinski definition) is 3. The van der Waals surface area contributed by atoms with E-state index in [0.717, 1.165) is 5.71 Å². The molecule has 0 aliphatic carbocycles. The fourth-order valence-corrected chi connectivity index (χ4v) is 1.32. The van der Waals surface area contributed by atoms with Crippen molar-refractivity contribution in [2.75, 3.05) is 6.54 Å². The molecule has 0 radical (unpaired) electrons. The summed E-state index contributed by atoms with van der Waals surface area (Å²) in [6, 6.07) is 0. The van der Waals surface area contributed by atoms with Crippen LogP contribution in [0, 0.1) is 0 Å². The summed E-state index contributed by atoms with van der Waals surface area (Å²) in [5, 5.41) is 0. The van der Waals surface area contributed by atoms with Crippen LogP contribution in [0.4, 0.5) is 0 Å². The quantitative estimate of drug-likeness (QED) is 0.550. The predicted molar refractivity (Wildman–Crippen MR) is 66.1 cm³/mol. The minimum Gasteiger partial charge on any atom is -0.458 e. The van der Waals surface area contributed by atoms with Gasteiger partial charge in [-0.15, -0.1) is 0 Å². The van der Waals surface area contributed by atoms with Crippen molar-refractivity contribution in [1.29, 1.82) is 0 Å². The molecule has 1 atom stereocenters. The summed E-state index contributed by atoms with van der Waals surface area (Å²) in [5.74, 6) is -0.468. The molecule has 0 aromatic heterocycles. The Morgan fingerprint density at radius 3 is 2.69 bits per heavy atom. The lowest BCUT2D eigenvalue weighted by Gasteiger charge is -2.27. The standard InChI is InChI=1S/C12H16ClNO2/c1-5-9-6-7-12(13,8-14-9)10(15)16-11(2,3)4/h5-7H,1,8H2,2-4H3. The number of ether oxygens (including phenoxy) is 1. The fourth-order valence-electron chi connectivity index (χ4n) is 1.16. The van der Waals surface area contributed by atoms with E-state index < -0.39 is 16.4 Å². The van der Waals surface area contributed by atoms with Gasteiger partial charge in [0.1, 0.15) is 5.60 Å². The van der Waals surface area contributed by atoms with Crippen molar-refractivity contribution < 1.29 is 9.53 Å². The number of hydrogen-bond donors (Lipinski definition) is 0. The Morgan fingerprint density at radius 1 is 1.69 bits per heavy atom. The molecule has 0 N–H and O–H groups in total. The first-order valence-corrected chi connectivity index (χ1v) is 5.43. The second-order valence-electron chi connectivity index (χ2n) is 4.64. The van der Waals surface area contributed by atoms with Crippen LogP contribution >= 0.6 is 11.6 Å². The van der Waals surface area contributed by atoms with E-state index in [1.165, 1.54) is 0 Å². The maximum absolute atomic E-state index is 11.8. The first-order chi connectivity index (χ1) is 7.27. The molecule has 0 saturated carbocycles. The lowest BCUT2D eigenvalue weighted by molar-refractivity contribution is -0.156. The minimum absolute atomic E-state index is 0.182. The summed E-state index contributed by atoms with van der Waals surface area (Å²) in [7, 11) is 0. The summed E-state index contributed by atoms with van der Waals surface area (Å²) in [5.41, 5.74) is 0.176. The molecule has 0 spiro atoms. The van der Waals surface area contributed by atoms with Crippen molar-refractivity contribution in [3.05, 3.63) is 24.8 Å². The molecule has 1 heterocycles. The van der Waals surface area contributed by atoms with Crippen molar-refractivity contribution in [2.24, 2.45) is 4.99 Å². The predicted octanol–water partition coefficient (Wildman–Crippen LogP) is 2.50. The second-order valence-corrected chi connectivity index (χ2v) is 5.32. The molecule has 0 amide bonds. The van der Waals surface area contributed by atoms with Gasteiger partial charge in [-0.25, -0.2) is 4.79 Å². The third-order valence-corrected chi connectivity index (χ3v) is 2.36. The van der Waals surface area contributed by atoms with E-state index in [0.29, 0.717) is 0 Å². The smallest absolute Gasteiger partial charge is 0.333 e. The largest absolute Gasteiger partial charge is 0.458 e. The average molecular weight is 242 g/mol. The number of nitrogens with zero attached hydrogens (tertiary/aromatic N) is 1. The fraction of sp³-hybridized carbons (Fsp3) is 0.500. The molecule has 16 heavy (non-hydrogen) atoms. The number of esters is 1. The number of halogens is 1. The first-order valence-electron chi connectivity index (χ1n) is 5.05. The molecule has 0 fully saturated rings. The molecule has 0 aromatic carbocycles. The number of aliphatic imine (C=N–C) groups is 1. The van der Waals surface area contributed by atoms with Crippen LogP contribution in [-0.4, -0.2) is 28.7 Å². The molecule has 1 unspecified atom stereocenters. The highest BCUT2D eigenvalue weighted by atomic mass is 35.5. The minimum atomic E-state index is -1.18. The highest BCUT2D eigenvalue weighted by molar-refractivity contribution is 6.36. The third-order valence-electron chi connectivity index (χ3n) is 1.96. The van der Waals surface area contributed by atoms with Gasteiger partial charge in [0.05, 0.1) is 12.3 Å². The molecule has 88 valence electrons. The van der Waals surface area contributed by atoms with Gasteiger partial charge in [0, 0.05) is 0 Å². The molecule has 4 heteroatoms. The number of rotatable bonds is 2. The van der Waals surface area contributed by atoms with Crippen LogP contribution in [0.1, 0.15) is 20.8 Å². The van der Waals surface area contributed by atoms with Crippen LogP contribution in [0.25, 0.3) is 0 Å². The van der Waals surface area contributed by atoms with Crippen molar-refractivity contribution in [3.8, 4) is 0 Å². The van der Waals surface area contributed by atoms with Crippen molar-refractivity contribution in [1.82, 2.24) is 0 Å². The number of allylic oxidation sites excluding steroid dienone is 2. The Labute approximate surface area is 101 Å². The van der Waals surface area contributed by atoms with Crippen LogP contribution in [0.3, 0.4) is 0 Å². The van der Waals surface area contributed by atoms with Gasteiger partial charge in [-0.2, -0.15) is 0 Å². The summed E-state index contributed by atoms with van der Waals surface area (Å²) in [6.07, 6.45) is 4.89. The van der Waals surface area contributed by atoms with Gasteiger partial charge >= 0.3 is 5.97 Å². The SMILES string of the molecule is C=CC1=NCC(Cl)(C(=O)OC(C)(C)C)C=C1. The van der Waals surface area contributed by atoms with Gasteiger partial charge in [0.2, 0.25) is 0 Å². The molecule has 0 bridgehead atoms. The Balaban J connectivity index is 2.75. The van der Waals surface area contributed by atoms with Crippen molar-refractivity contribution in [3.63, 3.8) is 0 Å². The summed E-state index contributed by atoms with van der Waals surface area (Å²) < 4.78 is 5.23. The third kappa shape index (κ3) is 3.20. The van der Waals surface area contributed by atoms with Gasteiger partial charge in [0.15, 0.2) is 4.87 Å². The normalized spacial score (nSPS) is 24.9. The van der Waals surface area contributed by atoms with Crippen LogP contribution in [-0.2, 0) is 9.53 Å². The van der Waals surface area contributed by atoms with Crippen LogP contribution in [0.2, 0.25) is 0 Å². The van der Waals surface area contributed by atoms with E-state index in [1.807, 2.05) is 0 Å². The van der Waals surface area contributed by atoms with Gasteiger partial charge in [-0.1, -0.05) is 18.2 Å². The van der Waals surface area contributed by atoms with E-state index >= 15 is 0 Å². The van der Waals surface area contributed by atoms with Crippen molar-refractivity contribution in [2.45, 2.75) is 31.2 Å². The number of carbonyl (C=O) groups is 1. The molecular formula is C12H16ClNO2. The monoisotopic (exact) mass is 241 g/mol. The lowest BCUT2D eigenvalue weighted by Crippen LogP contribution is -2.41. The highest BCUT2D eigenvalue weighted by Gasteiger charge is 2.38. The molecule has 1 aliphatic heterocycles. The lowest BCUT2D eigenvalue weighted by atomic mass is 10.0. The zero-order chi connectivity index (χ0) is 12.4. The molecular weight excluding hydrogens is 226 g/mol. The summed E-state index contributed by atoms with van der Waals surface area (Å²) in [4.78, 5) is 14.8. The number of alkyl halides is 1. The zero-order valence-corrected chi connectivity index (χ0v) is 10.5. The van der Waals surface area contributed by atoms with E-state index in [1.54, 1.807) is 39.0 Å². The van der Waals surface area contributed by atoms with Crippen molar-refractivity contribution >= 4 is 23.3 Å². The maximum Gasteiger partial charge on any atom is 0.333 e.